The van der Waals surface area contributed by atoms with Gasteiger partial charge >= 0.3 is 5.97 Å². The quantitative estimate of drug-likeness (QED) is 0.902. The Morgan fingerprint density at radius 2 is 1.90 bits per heavy atom. The van der Waals surface area contributed by atoms with E-state index in [2.05, 4.69) is 5.32 Å². The first kappa shape index (κ1) is 14.1. The summed E-state index contributed by atoms with van der Waals surface area (Å²) in [6.45, 7) is 5.26. The summed E-state index contributed by atoms with van der Waals surface area (Å²) in [6.07, 6.45) is 0. The van der Waals surface area contributed by atoms with Gasteiger partial charge in [-0.25, -0.2) is 4.79 Å². The van der Waals surface area contributed by atoms with E-state index in [1.165, 1.54) is 0 Å². The molecular weight excluding hydrogens is 258 g/mol. The third-order valence-electron chi connectivity index (χ3n) is 3.04. The van der Waals surface area contributed by atoms with Crippen LogP contribution in [0.15, 0.2) is 34.7 Å². The van der Waals surface area contributed by atoms with E-state index in [4.69, 9.17) is 4.42 Å². The number of hydrogen-bond acceptors (Lipinski definition) is 3. The molecule has 2 N–H and O–H groups in total. The van der Waals surface area contributed by atoms with Crippen LogP contribution in [0.2, 0.25) is 0 Å². The van der Waals surface area contributed by atoms with E-state index in [-0.39, 0.29) is 5.76 Å². The van der Waals surface area contributed by atoms with E-state index in [1.807, 2.05) is 18.2 Å². The Balaban J connectivity index is 2.24. The molecule has 0 fully saturated rings. The number of carbonyl (C=O) groups excluding carboxylic acids is 1. The number of carbonyl (C=O) groups is 2. The zero-order chi connectivity index (χ0) is 14.9. The van der Waals surface area contributed by atoms with E-state index in [0.717, 1.165) is 5.39 Å². The highest BCUT2D eigenvalue weighted by Gasteiger charge is 2.33. The molecule has 2 rings (SSSR count). The highest BCUT2D eigenvalue weighted by atomic mass is 16.4. The Morgan fingerprint density at radius 1 is 1.25 bits per heavy atom. The summed E-state index contributed by atoms with van der Waals surface area (Å²) < 4.78 is 5.42. The maximum Gasteiger partial charge on any atom is 0.326 e. The molecule has 106 valence electrons. The third kappa shape index (κ3) is 2.82. The first-order chi connectivity index (χ1) is 9.29. The summed E-state index contributed by atoms with van der Waals surface area (Å²) in [4.78, 5) is 23.3. The number of hydrogen-bond donors (Lipinski definition) is 2. The lowest BCUT2D eigenvalue weighted by Crippen LogP contribution is -2.49. The summed E-state index contributed by atoms with van der Waals surface area (Å²) >= 11 is 0. The van der Waals surface area contributed by atoms with Crippen LogP contribution in [-0.4, -0.2) is 23.0 Å². The fourth-order valence-corrected chi connectivity index (χ4v) is 1.94. The van der Waals surface area contributed by atoms with Crippen molar-refractivity contribution in [3.8, 4) is 0 Å². The highest BCUT2D eigenvalue weighted by molar-refractivity contribution is 5.98. The SMILES string of the molecule is CC(C)(C)[C@H](NC(=O)c1cc2ccccc2o1)C(=O)O. The van der Waals surface area contributed by atoms with Gasteiger partial charge in [0.15, 0.2) is 5.76 Å². The Labute approximate surface area is 116 Å². The predicted molar refractivity (Wildman–Crippen MR) is 74.6 cm³/mol. The number of amides is 1. The van der Waals surface area contributed by atoms with Crippen molar-refractivity contribution in [1.82, 2.24) is 5.32 Å². The second-order valence-electron chi connectivity index (χ2n) is 5.76. The average Bonchev–Trinajstić information content (AvgIpc) is 2.77. The van der Waals surface area contributed by atoms with E-state index in [9.17, 15) is 14.7 Å². The third-order valence-corrected chi connectivity index (χ3v) is 3.04. The van der Waals surface area contributed by atoms with E-state index in [0.29, 0.717) is 5.58 Å². The molecule has 2 aromatic rings. The van der Waals surface area contributed by atoms with Gasteiger partial charge in [-0.2, -0.15) is 0 Å². The molecule has 0 bridgehead atoms. The van der Waals surface area contributed by atoms with Crippen LogP contribution in [-0.2, 0) is 4.79 Å². The number of para-hydroxylation sites is 1. The Bertz CT molecular complexity index is 618. The molecule has 1 aromatic heterocycles. The zero-order valence-corrected chi connectivity index (χ0v) is 11.6. The van der Waals surface area contributed by atoms with Crippen LogP contribution in [0.3, 0.4) is 0 Å². The minimum atomic E-state index is -1.07. The Morgan fingerprint density at radius 3 is 2.45 bits per heavy atom. The van der Waals surface area contributed by atoms with Gasteiger partial charge in [0.1, 0.15) is 11.6 Å². The van der Waals surface area contributed by atoms with Gasteiger partial charge in [0, 0.05) is 5.39 Å². The smallest absolute Gasteiger partial charge is 0.326 e. The fraction of sp³-hybridized carbons (Fsp3) is 0.333. The normalized spacial score (nSPS) is 13.2. The number of aliphatic carboxylic acids is 1. The maximum atomic E-state index is 12.1. The van der Waals surface area contributed by atoms with Crippen LogP contribution < -0.4 is 5.32 Å². The van der Waals surface area contributed by atoms with Crippen molar-refractivity contribution in [3.63, 3.8) is 0 Å². The van der Waals surface area contributed by atoms with E-state index >= 15 is 0 Å². The van der Waals surface area contributed by atoms with Gasteiger partial charge in [-0.1, -0.05) is 39.0 Å². The number of carboxylic acid groups (broad SMARTS) is 1. The monoisotopic (exact) mass is 275 g/mol. The topological polar surface area (TPSA) is 79.5 Å². The van der Waals surface area contributed by atoms with Crippen molar-refractivity contribution in [2.24, 2.45) is 5.41 Å². The van der Waals surface area contributed by atoms with Crippen LogP contribution >= 0.6 is 0 Å². The molecule has 0 aliphatic rings. The summed E-state index contributed by atoms with van der Waals surface area (Å²) in [7, 11) is 0. The van der Waals surface area contributed by atoms with E-state index in [1.54, 1.807) is 32.9 Å². The lowest BCUT2D eigenvalue weighted by Gasteiger charge is -2.27. The number of benzene rings is 1. The van der Waals surface area contributed by atoms with E-state index < -0.39 is 23.3 Å². The molecule has 20 heavy (non-hydrogen) atoms. The fourth-order valence-electron chi connectivity index (χ4n) is 1.94. The van der Waals surface area contributed by atoms with Gasteiger partial charge in [-0.15, -0.1) is 0 Å². The summed E-state index contributed by atoms with van der Waals surface area (Å²) in [6, 6.07) is 7.85. The summed E-state index contributed by atoms with van der Waals surface area (Å²) in [5.74, 6) is -1.48. The molecule has 5 heteroatoms. The lowest BCUT2D eigenvalue weighted by atomic mass is 9.87. The summed E-state index contributed by atoms with van der Waals surface area (Å²) in [5.41, 5.74) is 0.00771. The minimum absolute atomic E-state index is 0.113. The Kier molecular flexibility index (Phi) is 3.53. The molecule has 0 unspecified atom stereocenters. The molecule has 1 heterocycles. The van der Waals surface area contributed by atoms with Gasteiger partial charge < -0.3 is 14.8 Å². The number of carboxylic acids is 1. The molecule has 1 amide bonds. The molecule has 1 atom stereocenters. The predicted octanol–water partition coefficient (Wildman–Crippen LogP) is 2.66. The van der Waals surface area contributed by atoms with Gasteiger partial charge in [0.2, 0.25) is 0 Å². The average molecular weight is 275 g/mol. The highest BCUT2D eigenvalue weighted by Crippen LogP contribution is 2.22. The molecule has 0 aliphatic heterocycles. The maximum absolute atomic E-state index is 12.1. The first-order valence-corrected chi connectivity index (χ1v) is 6.31. The molecule has 5 nitrogen and oxygen atoms in total. The molecular formula is C15H17NO4. The van der Waals surface area contributed by atoms with Crippen molar-refractivity contribution in [3.05, 3.63) is 36.1 Å². The lowest BCUT2D eigenvalue weighted by molar-refractivity contribution is -0.142. The standard InChI is InChI=1S/C15H17NO4/c1-15(2,3)12(14(18)19)16-13(17)11-8-9-6-4-5-7-10(9)20-11/h4-8,12H,1-3H3,(H,16,17)(H,18,19)/t12-/m1/s1. The largest absolute Gasteiger partial charge is 0.480 e. The van der Waals surface area contributed by atoms with Crippen LogP contribution in [0.4, 0.5) is 0 Å². The number of rotatable bonds is 3. The van der Waals surface area contributed by atoms with Crippen LogP contribution in [0.1, 0.15) is 31.3 Å². The number of fused-ring (bicyclic) bond motifs is 1. The first-order valence-electron chi connectivity index (χ1n) is 6.31. The van der Waals surface area contributed by atoms with Crippen LogP contribution in [0, 0.1) is 5.41 Å². The minimum Gasteiger partial charge on any atom is -0.480 e. The molecule has 0 radical (unpaired) electrons. The van der Waals surface area contributed by atoms with Crippen molar-refractivity contribution < 1.29 is 19.1 Å². The second-order valence-corrected chi connectivity index (χ2v) is 5.76. The van der Waals surface area contributed by atoms with Gasteiger partial charge in [-0.3, -0.25) is 4.79 Å². The van der Waals surface area contributed by atoms with Crippen molar-refractivity contribution in [2.75, 3.05) is 0 Å². The van der Waals surface area contributed by atoms with Gasteiger partial charge in [0.05, 0.1) is 0 Å². The molecule has 0 saturated carbocycles. The van der Waals surface area contributed by atoms with Crippen molar-refractivity contribution >= 4 is 22.8 Å². The summed E-state index contributed by atoms with van der Waals surface area (Å²) in [5, 5.41) is 12.5. The van der Waals surface area contributed by atoms with Crippen molar-refractivity contribution in [1.29, 1.82) is 0 Å². The molecule has 0 saturated heterocycles. The molecule has 1 aromatic carbocycles. The van der Waals surface area contributed by atoms with Crippen LogP contribution in [0.5, 0.6) is 0 Å². The zero-order valence-electron chi connectivity index (χ0n) is 11.6. The molecule has 0 aliphatic carbocycles. The molecule has 0 spiro atoms. The van der Waals surface area contributed by atoms with Gasteiger partial charge in [-0.05, 0) is 17.5 Å². The second kappa shape index (κ2) is 5.00. The van der Waals surface area contributed by atoms with Crippen molar-refractivity contribution in [2.45, 2.75) is 26.8 Å². The Hall–Kier alpha value is -2.30. The van der Waals surface area contributed by atoms with Gasteiger partial charge in [0.25, 0.3) is 5.91 Å². The van der Waals surface area contributed by atoms with Crippen LogP contribution in [0.25, 0.3) is 11.0 Å². The number of nitrogens with one attached hydrogen (secondary N) is 1. The number of furan rings is 1.